The predicted molar refractivity (Wildman–Crippen MR) is 31.4 cm³/mol. The molecule has 0 aromatic heterocycles. The van der Waals surface area contributed by atoms with Crippen molar-refractivity contribution in [3.05, 3.63) is 24.4 Å². The molecule has 1 aliphatic heterocycles. The van der Waals surface area contributed by atoms with E-state index in [0.717, 1.165) is 0 Å². The van der Waals surface area contributed by atoms with Gasteiger partial charge in [0.25, 0.3) is 0 Å². The lowest BCUT2D eigenvalue weighted by atomic mass is 10.2. The van der Waals surface area contributed by atoms with E-state index in [0.29, 0.717) is 0 Å². The molecular formula is C6H9NO. The topological polar surface area (TPSA) is 23.5 Å². The fraction of sp³-hybridized carbons (Fsp3) is 0.333. The summed E-state index contributed by atoms with van der Waals surface area (Å²) in [5.74, 6) is 0. The zero-order chi connectivity index (χ0) is 5.98. The van der Waals surface area contributed by atoms with Crippen molar-refractivity contribution in [1.29, 1.82) is 0 Å². The summed E-state index contributed by atoms with van der Waals surface area (Å²) in [7, 11) is 0. The predicted octanol–water partition coefficient (Wildman–Crippen LogP) is 1.15. The fourth-order valence-electron chi connectivity index (χ4n) is 0.587. The first-order chi connectivity index (χ1) is 3.80. The van der Waals surface area contributed by atoms with Gasteiger partial charge in [0.05, 0.1) is 6.04 Å². The van der Waals surface area contributed by atoms with Crippen LogP contribution in [0, 0.1) is 0 Å². The Hall–Kier alpha value is -0.760. The summed E-state index contributed by atoms with van der Waals surface area (Å²) < 4.78 is 0. The van der Waals surface area contributed by atoms with E-state index >= 15 is 0 Å². The molecular weight excluding hydrogens is 102 g/mol. The van der Waals surface area contributed by atoms with Crippen molar-refractivity contribution in [1.82, 2.24) is 5.06 Å². The highest BCUT2D eigenvalue weighted by Gasteiger charge is 2.02. The quantitative estimate of drug-likeness (QED) is 0.507. The van der Waals surface area contributed by atoms with Gasteiger partial charge in [-0.3, -0.25) is 10.3 Å². The average Bonchev–Trinajstić information content (AvgIpc) is 1.77. The van der Waals surface area contributed by atoms with E-state index in [1.54, 1.807) is 12.3 Å². The first-order valence-electron chi connectivity index (χ1n) is 2.63. The summed E-state index contributed by atoms with van der Waals surface area (Å²) in [4.78, 5) is 0. The summed E-state index contributed by atoms with van der Waals surface area (Å²) >= 11 is 0. The molecule has 1 aliphatic rings. The lowest BCUT2D eigenvalue weighted by Crippen LogP contribution is -2.23. The van der Waals surface area contributed by atoms with Crippen molar-refractivity contribution in [2.24, 2.45) is 0 Å². The summed E-state index contributed by atoms with van der Waals surface area (Å²) in [6, 6.07) is 0.125. The van der Waals surface area contributed by atoms with Gasteiger partial charge in [0, 0.05) is 6.20 Å². The van der Waals surface area contributed by atoms with Crippen LogP contribution in [-0.4, -0.2) is 16.3 Å². The minimum atomic E-state index is 0.125. The van der Waals surface area contributed by atoms with Crippen LogP contribution in [0.1, 0.15) is 6.92 Å². The first-order valence-corrected chi connectivity index (χ1v) is 2.63. The van der Waals surface area contributed by atoms with Gasteiger partial charge in [-0.1, -0.05) is 12.2 Å². The minimum Gasteiger partial charge on any atom is -0.288 e. The third kappa shape index (κ3) is 0.898. The van der Waals surface area contributed by atoms with Crippen LogP contribution in [0.5, 0.6) is 0 Å². The van der Waals surface area contributed by atoms with Crippen molar-refractivity contribution in [2.45, 2.75) is 13.0 Å². The van der Waals surface area contributed by atoms with Gasteiger partial charge >= 0.3 is 0 Å². The van der Waals surface area contributed by atoms with Crippen LogP contribution in [0.4, 0.5) is 0 Å². The Morgan fingerprint density at radius 1 is 1.50 bits per heavy atom. The monoisotopic (exact) mass is 111 g/mol. The van der Waals surface area contributed by atoms with Gasteiger partial charge in [0.1, 0.15) is 0 Å². The molecule has 1 atom stereocenters. The SMILES string of the molecule is CC1C=CC=CN1O. The number of hydroxylamine groups is 2. The maximum atomic E-state index is 8.87. The summed E-state index contributed by atoms with van der Waals surface area (Å²) in [6.07, 6.45) is 7.25. The second kappa shape index (κ2) is 2.01. The van der Waals surface area contributed by atoms with Gasteiger partial charge in [-0.2, -0.15) is 0 Å². The van der Waals surface area contributed by atoms with Crippen LogP contribution in [0.15, 0.2) is 24.4 Å². The maximum absolute atomic E-state index is 8.87. The highest BCUT2D eigenvalue weighted by Crippen LogP contribution is 2.02. The molecule has 0 bridgehead atoms. The molecule has 0 aromatic rings. The maximum Gasteiger partial charge on any atom is 0.0711 e. The molecule has 0 spiro atoms. The van der Waals surface area contributed by atoms with Gasteiger partial charge in [-0.15, -0.1) is 0 Å². The highest BCUT2D eigenvalue weighted by molar-refractivity contribution is 5.10. The van der Waals surface area contributed by atoms with Crippen LogP contribution in [0.25, 0.3) is 0 Å². The minimum absolute atomic E-state index is 0.125. The van der Waals surface area contributed by atoms with Gasteiger partial charge in [-0.25, -0.2) is 0 Å². The molecule has 2 nitrogen and oxygen atoms in total. The molecule has 0 saturated carbocycles. The fourth-order valence-corrected chi connectivity index (χ4v) is 0.587. The molecule has 0 amide bonds. The molecule has 1 heterocycles. The van der Waals surface area contributed by atoms with Gasteiger partial charge in [0.2, 0.25) is 0 Å². The number of nitrogens with zero attached hydrogens (tertiary/aromatic N) is 1. The van der Waals surface area contributed by atoms with E-state index in [2.05, 4.69) is 0 Å². The van der Waals surface area contributed by atoms with Crippen LogP contribution in [0.2, 0.25) is 0 Å². The molecule has 1 N–H and O–H groups in total. The van der Waals surface area contributed by atoms with E-state index in [4.69, 9.17) is 5.21 Å². The third-order valence-corrected chi connectivity index (χ3v) is 1.16. The number of hydrogen-bond acceptors (Lipinski definition) is 2. The second-order valence-electron chi connectivity index (χ2n) is 1.85. The Morgan fingerprint density at radius 3 is 2.62 bits per heavy atom. The van der Waals surface area contributed by atoms with Crippen molar-refractivity contribution in [3.8, 4) is 0 Å². The van der Waals surface area contributed by atoms with Gasteiger partial charge in [0.15, 0.2) is 0 Å². The molecule has 1 rings (SSSR count). The van der Waals surface area contributed by atoms with Gasteiger partial charge < -0.3 is 0 Å². The summed E-state index contributed by atoms with van der Waals surface area (Å²) in [5, 5.41) is 10.0. The van der Waals surface area contributed by atoms with Crippen molar-refractivity contribution < 1.29 is 5.21 Å². The normalized spacial score (nSPS) is 26.8. The van der Waals surface area contributed by atoms with Crippen LogP contribution in [-0.2, 0) is 0 Å². The smallest absolute Gasteiger partial charge is 0.0711 e. The lowest BCUT2D eigenvalue weighted by molar-refractivity contribution is -0.0603. The molecule has 0 aromatic carbocycles. The van der Waals surface area contributed by atoms with Crippen molar-refractivity contribution in [3.63, 3.8) is 0 Å². The highest BCUT2D eigenvalue weighted by atomic mass is 16.5. The Labute approximate surface area is 48.7 Å². The number of hydrogen-bond donors (Lipinski definition) is 1. The largest absolute Gasteiger partial charge is 0.288 e. The molecule has 44 valence electrons. The Kier molecular flexibility index (Phi) is 1.35. The van der Waals surface area contributed by atoms with Crippen molar-refractivity contribution >= 4 is 0 Å². The van der Waals surface area contributed by atoms with E-state index in [-0.39, 0.29) is 6.04 Å². The zero-order valence-corrected chi connectivity index (χ0v) is 4.78. The van der Waals surface area contributed by atoms with Crippen LogP contribution >= 0.6 is 0 Å². The zero-order valence-electron chi connectivity index (χ0n) is 4.78. The first kappa shape index (κ1) is 5.38. The van der Waals surface area contributed by atoms with E-state index < -0.39 is 0 Å². The third-order valence-electron chi connectivity index (χ3n) is 1.16. The molecule has 1 unspecified atom stereocenters. The molecule has 0 fully saturated rings. The summed E-state index contributed by atoms with van der Waals surface area (Å²) in [6.45, 7) is 1.92. The second-order valence-corrected chi connectivity index (χ2v) is 1.85. The average molecular weight is 111 g/mol. The lowest BCUT2D eigenvalue weighted by Gasteiger charge is -2.18. The molecule has 2 heteroatoms. The Balaban J connectivity index is 2.59. The summed E-state index contributed by atoms with van der Waals surface area (Å²) in [5.41, 5.74) is 0. The van der Waals surface area contributed by atoms with E-state index in [1.807, 2.05) is 19.1 Å². The molecule has 0 saturated heterocycles. The Bertz CT molecular complexity index is 112. The van der Waals surface area contributed by atoms with Crippen LogP contribution in [0.3, 0.4) is 0 Å². The number of rotatable bonds is 0. The van der Waals surface area contributed by atoms with Crippen LogP contribution < -0.4 is 0 Å². The van der Waals surface area contributed by atoms with E-state index in [1.165, 1.54) is 5.06 Å². The molecule has 0 radical (unpaired) electrons. The molecule has 0 aliphatic carbocycles. The van der Waals surface area contributed by atoms with Gasteiger partial charge in [-0.05, 0) is 13.0 Å². The Morgan fingerprint density at radius 2 is 2.25 bits per heavy atom. The number of allylic oxidation sites excluding steroid dienone is 2. The standard InChI is InChI=1S/C6H9NO/c1-6-4-2-3-5-7(6)8/h2-6,8H,1H3. The van der Waals surface area contributed by atoms with E-state index in [9.17, 15) is 0 Å². The molecule has 8 heavy (non-hydrogen) atoms. The van der Waals surface area contributed by atoms with Crippen molar-refractivity contribution in [2.75, 3.05) is 0 Å².